The van der Waals surface area contributed by atoms with Crippen molar-refractivity contribution < 1.29 is 18.8 Å². The van der Waals surface area contributed by atoms with Gasteiger partial charge in [0.2, 0.25) is 5.82 Å². The number of carbonyl (C=O) groups is 1. The quantitative estimate of drug-likeness (QED) is 0.614. The van der Waals surface area contributed by atoms with Crippen LogP contribution in [0.3, 0.4) is 0 Å². The van der Waals surface area contributed by atoms with Gasteiger partial charge >= 0.3 is 5.97 Å². The molecule has 2 aromatic carbocycles. The summed E-state index contributed by atoms with van der Waals surface area (Å²) < 4.78 is 15.4. The SMILES string of the molecule is N#Cc1ccc(OCC(=O)OCc2nc(-c3ccc(Cl)cc3)no2)cc1. The summed E-state index contributed by atoms with van der Waals surface area (Å²) in [5.74, 6) is 0.424. The number of nitriles is 1. The third-order valence-corrected chi connectivity index (χ3v) is 3.52. The average Bonchev–Trinajstić information content (AvgIpc) is 3.14. The van der Waals surface area contributed by atoms with Crippen LogP contribution in [0.15, 0.2) is 53.1 Å². The molecule has 26 heavy (non-hydrogen) atoms. The molecule has 0 fully saturated rings. The van der Waals surface area contributed by atoms with Gasteiger partial charge in [0.25, 0.3) is 5.89 Å². The molecule has 8 heteroatoms. The molecule has 0 aliphatic heterocycles. The van der Waals surface area contributed by atoms with E-state index < -0.39 is 5.97 Å². The fraction of sp³-hybridized carbons (Fsp3) is 0.111. The van der Waals surface area contributed by atoms with Crippen molar-refractivity contribution in [2.24, 2.45) is 0 Å². The monoisotopic (exact) mass is 369 g/mol. The van der Waals surface area contributed by atoms with Gasteiger partial charge in [-0.25, -0.2) is 4.79 Å². The van der Waals surface area contributed by atoms with Crippen LogP contribution in [0, 0.1) is 11.3 Å². The molecule has 0 aliphatic carbocycles. The van der Waals surface area contributed by atoms with Crippen molar-refractivity contribution in [1.29, 1.82) is 5.26 Å². The number of ether oxygens (including phenoxy) is 2. The first-order chi connectivity index (χ1) is 12.6. The van der Waals surface area contributed by atoms with E-state index in [0.717, 1.165) is 5.56 Å². The number of benzene rings is 2. The molecule has 0 amide bonds. The number of halogens is 1. The number of carbonyl (C=O) groups excluding carboxylic acids is 1. The van der Waals surface area contributed by atoms with Crippen LogP contribution in [-0.4, -0.2) is 22.7 Å². The van der Waals surface area contributed by atoms with Gasteiger partial charge < -0.3 is 14.0 Å². The Morgan fingerprint density at radius 3 is 2.58 bits per heavy atom. The summed E-state index contributed by atoms with van der Waals surface area (Å²) >= 11 is 5.83. The molecule has 0 radical (unpaired) electrons. The molecule has 0 atom stereocenters. The van der Waals surface area contributed by atoms with Gasteiger partial charge in [-0.2, -0.15) is 10.2 Å². The Morgan fingerprint density at radius 2 is 1.88 bits per heavy atom. The zero-order valence-corrected chi connectivity index (χ0v) is 14.1. The fourth-order valence-electron chi connectivity index (χ4n) is 1.98. The minimum Gasteiger partial charge on any atom is -0.482 e. The summed E-state index contributed by atoms with van der Waals surface area (Å²) in [5.41, 5.74) is 1.24. The molecule has 1 aromatic heterocycles. The van der Waals surface area contributed by atoms with Gasteiger partial charge in [-0.15, -0.1) is 0 Å². The standard InChI is InChI=1S/C18H12ClN3O4/c19-14-5-3-13(4-6-14)18-21-16(26-22-18)10-25-17(23)11-24-15-7-1-12(9-20)2-8-15/h1-8H,10-11H2. The molecule has 0 N–H and O–H groups in total. The number of hydrogen-bond acceptors (Lipinski definition) is 7. The summed E-state index contributed by atoms with van der Waals surface area (Å²) in [6.45, 7) is -0.430. The molecular weight excluding hydrogens is 358 g/mol. The summed E-state index contributed by atoms with van der Waals surface area (Å²) in [5, 5.41) is 13.2. The molecular formula is C18H12ClN3O4. The van der Waals surface area contributed by atoms with Gasteiger partial charge in [0.15, 0.2) is 13.2 Å². The number of nitrogens with zero attached hydrogens (tertiary/aromatic N) is 3. The first kappa shape index (κ1) is 17.5. The van der Waals surface area contributed by atoms with Crippen LogP contribution in [0.2, 0.25) is 5.02 Å². The highest BCUT2D eigenvalue weighted by Crippen LogP contribution is 2.19. The zero-order valence-electron chi connectivity index (χ0n) is 13.4. The van der Waals surface area contributed by atoms with Crippen molar-refractivity contribution in [1.82, 2.24) is 10.1 Å². The van der Waals surface area contributed by atoms with Crippen molar-refractivity contribution in [2.45, 2.75) is 6.61 Å². The predicted octanol–water partition coefficient (Wildman–Crippen LogP) is 3.38. The number of esters is 1. The summed E-state index contributed by atoms with van der Waals surface area (Å²) in [7, 11) is 0. The van der Waals surface area contributed by atoms with E-state index in [4.69, 9.17) is 30.9 Å². The van der Waals surface area contributed by atoms with E-state index in [2.05, 4.69) is 10.1 Å². The number of rotatable bonds is 6. The van der Waals surface area contributed by atoms with Crippen molar-refractivity contribution in [3.8, 4) is 23.2 Å². The molecule has 0 bridgehead atoms. The summed E-state index contributed by atoms with van der Waals surface area (Å²) in [6, 6.07) is 15.3. The first-order valence-corrected chi connectivity index (χ1v) is 7.89. The molecule has 7 nitrogen and oxygen atoms in total. The Kier molecular flexibility index (Phi) is 5.46. The van der Waals surface area contributed by atoms with Crippen molar-refractivity contribution in [2.75, 3.05) is 6.61 Å². The van der Waals surface area contributed by atoms with E-state index in [9.17, 15) is 4.79 Å². The molecule has 0 aliphatic rings. The van der Waals surface area contributed by atoms with Gasteiger partial charge in [-0.3, -0.25) is 0 Å². The molecule has 0 unspecified atom stereocenters. The van der Waals surface area contributed by atoms with Crippen molar-refractivity contribution >= 4 is 17.6 Å². The largest absolute Gasteiger partial charge is 0.482 e. The highest BCUT2D eigenvalue weighted by molar-refractivity contribution is 6.30. The Hall–Kier alpha value is -3.37. The molecule has 3 aromatic rings. The first-order valence-electron chi connectivity index (χ1n) is 7.51. The molecule has 0 saturated carbocycles. The van der Waals surface area contributed by atoms with Crippen LogP contribution in [-0.2, 0) is 16.1 Å². The van der Waals surface area contributed by atoms with Crippen LogP contribution in [0.5, 0.6) is 5.75 Å². The van der Waals surface area contributed by atoms with E-state index in [1.54, 1.807) is 48.5 Å². The van der Waals surface area contributed by atoms with E-state index >= 15 is 0 Å². The lowest BCUT2D eigenvalue weighted by molar-refractivity contribution is -0.148. The highest BCUT2D eigenvalue weighted by atomic mass is 35.5. The Balaban J connectivity index is 1.48. The van der Waals surface area contributed by atoms with Crippen LogP contribution in [0.4, 0.5) is 0 Å². The topological polar surface area (TPSA) is 98.2 Å². The minimum atomic E-state index is -0.583. The maximum atomic E-state index is 11.7. The maximum Gasteiger partial charge on any atom is 0.344 e. The van der Waals surface area contributed by atoms with Gasteiger partial charge in [0.05, 0.1) is 11.6 Å². The smallest absolute Gasteiger partial charge is 0.344 e. The lowest BCUT2D eigenvalue weighted by Gasteiger charge is -2.05. The molecule has 0 spiro atoms. The van der Waals surface area contributed by atoms with Gasteiger partial charge in [-0.1, -0.05) is 16.8 Å². The number of hydrogen-bond donors (Lipinski definition) is 0. The normalized spacial score (nSPS) is 10.2. The Labute approximate surface area is 153 Å². The van der Waals surface area contributed by atoms with Gasteiger partial charge in [0.1, 0.15) is 5.75 Å². The maximum absolute atomic E-state index is 11.7. The van der Waals surface area contributed by atoms with Crippen LogP contribution >= 0.6 is 11.6 Å². The van der Waals surface area contributed by atoms with Crippen LogP contribution in [0.1, 0.15) is 11.5 Å². The van der Waals surface area contributed by atoms with E-state index in [0.29, 0.717) is 22.2 Å². The van der Waals surface area contributed by atoms with Crippen molar-refractivity contribution in [3.05, 3.63) is 65.0 Å². The van der Waals surface area contributed by atoms with Crippen molar-refractivity contribution in [3.63, 3.8) is 0 Å². The van der Waals surface area contributed by atoms with Gasteiger partial charge in [0, 0.05) is 10.6 Å². The highest BCUT2D eigenvalue weighted by Gasteiger charge is 2.11. The van der Waals surface area contributed by atoms with Crippen LogP contribution < -0.4 is 4.74 Å². The fourth-order valence-corrected chi connectivity index (χ4v) is 2.11. The van der Waals surface area contributed by atoms with Gasteiger partial charge in [-0.05, 0) is 48.5 Å². The van der Waals surface area contributed by atoms with Crippen LogP contribution in [0.25, 0.3) is 11.4 Å². The van der Waals surface area contributed by atoms with E-state index in [1.807, 2.05) is 6.07 Å². The molecule has 1 heterocycles. The zero-order chi connectivity index (χ0) is 18.4. The third kappa shape index (κ3) is 4.59. The summed E-state index contributed by atoms with van der Waals surface area (Å²) in [6.07, 6.45) is 0. The molecule has 0 saturated heterocycles. The minimum absolute atomic E-state index is 0.157. The lowest BCUT2D eigenvalue weighted by Crippen LogP contribution is -2.14. The second-order valence-corrected chi connectivity index (χ2v) is 5.54. The molecule has 3 rings (SSSR count). The second kappa shape index (κ2) is 8.14. The van der Waals surface area contributed by atoms with E-state index in [1.165, 1.54) is 0 Å². The Bertz CT molecular complexity index is 930. The van der Waals surface area contributed by atoms with E-state index in [-0.39, 0.29) is 19.1 Å². The lowest BCUT2D eigenvalue weighted by atomic mass is 10.2. The average molecular weight is 370 g/mol. The third-order valence-electron chi connectivity index (χ3n) is 3.27. The number of aromatic nitrogens is 2. The Morgan fingerprint density at radius 1 is 1.15 bits per heavy atom. The molecule has 130 valence electrons. The summed E-state index contributed by atoms with van der Waals surface area (Å²) in [4.78, 5) is 15.9. The second-order valence-electron chi connectivity index (χ2n) is 5.10. The predicted molar refractivity (Wildman–Crippen MR) is 91.2 cm³/mol.